The molecule has 0 aromatic heterocycles. The van der Waals surface area contributed by atoms with Gasteiger partial charge in [-0.25, -0.2) is 0 Å². The first-order valence-electron chi connectivity index (χ1n) is 7.36. The molecule has 20 heavy (non-hydrogen) atoms. The molecule has 0 spiro atoms. The van der Waals surface area contributed by atoms with E-state index in [9.17, 15) is 5.11 Å². The second kappa shape index (κ2) is 10.6. The molecular formula is C14H30IN3O2. The van der Waals surface area contributed by atoms with Crippen LogP contribution in [0.2, 0.25) is 0 Å². The summed E-state index contributed by atoms with van der Waals surface area (Å²) in [7, 11) is 1.69. The summed E-state index contributed by atoms with van der Waals surface area (Å²) in [4.78, 5) is 4.52. The topological polar surface area (TPSA) is 65.9 Å². The molecule has 0 heterocycles. The molecular weight excluding hydrogens is 369 g/mol. The van der Waals surface area contributed by atoms with E-state index in [4.69, 9.17) is 4.74 Å². The average molecular weight is 399 g/mol. The van der Waals surface area contributed by atoms with E-state index in [-0.39, 0.29) is 30.0 Å². The molecule has 0 aromatic carbocycles. The second-order valence-corrected chi connectivity index (χ2v) is 5.48. The van der Waals surface area contributed by atoms with Gasteiger partial charge in [-0.2, -0.15) is 0 Å². The van der Waals surface area contributed by atoms with E-state index in [0.717, 1.165) is 38.2 Å². The highest BCUT2D eigenvalue weighted by molar-refractivity contribution is 14.0. The Labute approximate surface area is 140 Å². The minimum atomic E-state index is -0.606. The third-order valence-electron chi connectivity index (χ3n) is 3.46. The Hall–Kier alpha value is -0.0800. The van der Waals surface area contributed by atoms with Crippen molar-refractivity contribution in [1.29, 1.82) is 0 Å². The summed E-state index contributed by atoms with van der Waals surface area (Å²) in [5, 5.41) is 16.9. The summed E-state index contributed by atoms with van der Waals surface area (Å²) in [5.41, 5.74) is -0.606. The molecule has 1 atom stereocenters. The Balaban J connectivity index is 0.00000361. The van der Waals surface area contributed by atoms with Crippen LogP contribution in [0.3, 0.4) is 0 Å². The van der Waals surface area contributed by atoms with Crippen LogP contribution in [0.1, 0.15) is 46.0 Å². The zero-order valence-corrected chi connectivity index (χ0v) is 15.3. The summed E-state index contributed by atoms with van der Waals surface area (Å²) >= 11 is 0. The highest BCUT2D eigenvalue weighted by atomic mass is 127. The Bertz CT molecular complexity index is 282. The van der Waals surface area contributed by atoms with Gasteiger partial charge in [0.2, 0.25) is 0 Å². The van der Waals surface area contributed by atoms with Crippen LogP contribution in [-0.2, 0) is 4.74 Å². The molecule has 0 amide bonds. The highest BCUT2D eigenvalue weighted by Gasteiger charge is 2.28. The number of ether oxygens (including phenoxy) is 1. The first kappa shape index (κ1) is 19.9. The molecule has 1 rings (SSSR count). The predicted molar refractivity (Wildman–Crippen MR) is 93.9 cm³/mol. The van der Waals surface area contributed by atoms with E-state index < -0.39 is 5.60 Å². The normalized spacial score (nSPS) is 19.9. The van der Waals surface area contributed by atoms with Crippen LogP contribution in [0.4, 0.5) is 0 Å². The molecule has 3 N–H and O–H groups in total. The van der Waals surface area contributed by atoms with Crippen molar-refractivity contribution in [3.8, 4) is 0 Å². The van der Waals surface area contributed by atoms with Crippen LogP contribution in [0, 0.1) is 0 Å². The third kappa shape index (κ3) is 7.64. The number of methoxy groups -OCH3 is 1. The van der Waals surface area contributed by atoms with Gasteiger partial charge in [-0.05, 0) is 26.7 Å². The molecule has 120 valence electrons. The van der Waals surface area contributed by atoms with Crippen molar-refractivity contribution in [2.24, 2.45) is 4.99 Å². The van der Waals surface area contributed by atoms with Gasteiger partial charge >= 0.3 is 0 Å². The van der Waals surface area contributed by atoms with Crippen LogP contribution in [0.25, 0.3) is 0 Å². The van der Waals surface area contributed by atoms with E-state index in [0.29, 0.717) is 13.2 Å². The number of aliphatic imine (C=N–C) groups is 1. The summed E-state index contributed by atoms with van der Waals surface area (Å²) in [5.74, 6) is 0.756. The lowest BCUT2D eigenvalue weighted by Crippen LogP contribution is -2.45. The largest absolute Gasteiger partial charge is 0.388 e. The van der Waals surface area contributed by atoms with E-state index in [1.165, 1.54) is 6.42 Å². The fourth-order valence-corrected chi connectivity index (χ4v) is 2.44. The van der Waals surface area contributed by atoms with Gasteiger partial charge < -0.3 is 20.5 Å². The van der Waals surface area contributed by atoms with Crippen molar-refractivity contribution in [1.82, 2.24) is 10.6 Å². The van der Waals surface area contributed by atoms with E-state index in [1.807, 2.05) is 13.8 Å². The SMILES string of the molecule is CCNC(=NCC1(O)CCCCC1)NC(C)COC.I. The lowest BCUT2D eigenvalue weighted by molar-refractivity contribution is 0.0131. The molecule has 0 aromatic rings. The number of nitrogens with zero attached hydrogens (tertiary/aromatic N) is 1. The number of hydrogen-bond acceptors (Lipinski definition) is 3. The lowest BCUT2D eigenvalue weighted by Gasteiger charge is -2.30. The Morgan fingerprint density at radius 2 is 2.00 bits per heavy atom. The highest BCUT2D eigenvalue weighted by Crippen LogP contribution is 2.28. The van der Waals surface area contributed by atoms with E-state index in [1.54, 1.807) is 7.11 Å². The van der Waals surface area contributed by atoms with Crippen molar-refractivity contribution in [2.45, 2.75) is 57.6 Å². The first-order valence-corrected chi connectivity index (χ1v) is 7.36. The zero-order chi connectivity index (χ0) is 14.1. The molecule has 0 bridgehead atoms. The molecule has 0 aliphatic heterocycles. The molecule has 1 aliphatic carbocycles. The lowest BCUT2D eigenvalue weighted by atomic mass is 9.85. The van der Waals surface area contributed by atoms with Gasteiger partial charge in [-0.1, -0.05) is 19.3 Å². The number of guanidine groups is 1. The van der Waals surface area contributed by atoms with Gasteiger partial charge in [-0.15, -0.1) is 24.0 Å². The van der Waals surface area contributed by atoms with Gasteiger partial charge in [0, 0.05) is 19.7 Å². The van der Waals surface area contributed by atoms with E-state index in [2.05, 4.69) is 15.6 Å². The van der Waals surface area contributed by atoms with Gasteiger partial charge in [0.1, 0.15) is 0 Å². The number of halogens is 1. The fourth-order valence-electron chi connectivity index (χ4n) is 2.44. The predicted octanol–water partition coefficient (Wildman–Crippen LogP) is 1.89. The summed E-state index contributed by atoms with van der Waals surface area (Å²) in [6, 6.07) is 0.198. The Kier molecular flexibility index (Phi) is 10.6. The third-order valence-corrected chi connectivity index (χ3v) is 3.46. The van der Waals surface area contributed by atoms with Crippen LogP contribution in [0.5, 0.6) is 0 Å². The molecule has 6 heteroatoms. The summed E-state index contributed by atoms with van der Waals surface area (Å²) < 4.78 is 5.10. The first-order chi connectivity index (χ1) is 9.09. The van der Waals surface area contributed by atoms with Crippen LogP contribution in [0.15, 0.2) is 4.99 Å². The van der Waals surface area contributed by atoms with Crippen molar-refractivity contribution in [3.63, 3.8) is 0 Å². The van der Waals surface area contributed by atoms with Crippen LogP contribution < -0.4 is 10.6 Å². The number of rotatable bonds is 6. The molecule has 5 nitrogen and oxygen atoms in total. The van der Waals surface area contributed by atoms with Gasteiger partial charge in [-0.3, -0.25) is 4.99 Å². The van der Waals surface area contributed by atoms with Gasteiger partial charge in [0.25, 0.3) is 0 Å². The summed E-state index contributed by atoms with van der Waals surface area (Å²) in [6.45, 7) is 6.00. The molecule has 1 saturated carbocycles. The molecule has 1 unspecified atom stereocenters. The molecule has 1 fully saturated rings. The standard InChI is InChI=1S/C14H29N3O2.HI/c1-4-15-13(17-12(2)10-19-3)16-11-14(18)8-6-5-7-9-14;/h12,18H,4-11H2,1-3H3,(H2,15,16,17);1H. The summed E-state index contributed by atoms with van der Waals surface area (Å²) in [6.07, 6.45) is 5.18. The van der Waals surface area contributed by atoms with Gasteiger partial charge in [0.05, 0.1) is 18.8 Å². The van der Waals surface area contributed by atoms with Crippen LogP contribution in [-0.4, -0.2) is 49.5 Å². The van der Waals surface area contributed by atoms with E-state index >= 15 is 0 Å². The molecule has 1 aliphatic rings. The maximum atomic E-state index is 10.4. The Morgan fingerprint density at radius 1 is 1.35 bits per heavy atom. The quantitative estimate of drug-likeness (QED) is 0.363. The Morgan fingerprint density at radius 3 is 2.55 bits per heavy atom. The second-order valence-electron chi connectivity index (χ2n) is 5.48. The minimum Gasteiger partial charge on any atom is -0.388 e. The van der Waals surface area contributed by atoms with Gasteiger partial charge in [0.15, 0.2) is 5.96 Å². The average Bonchev–Trinajstić information content (AvgIpc) is 2.37. The van der Waals surface area contributed by atoms with Crippen molar-refractivity contribution in [3.05, 3.63) is 0 Å². The maximum absolute atomic E-state index is 10.4. The van der Waals surface area contributed by atoms with Crippen LogP contribution >= 0.6 is 24.0 Å². The molecule has 0 saturated heterocycles. The monoisotopic (exact) mass is 399 g/mol. The minimum absolute atomic E-state index is 0. The zero-order valence-electron chi connectivity index (χ0n) is 12.9. The smallest absolute Gasteiger partial charge is 0.191 e. The number of nitrogens with one attached hydrogen (secondary N) is 2. The number of aliphatic hydroxyl groups is 1. The molecule has 0 radical (unpaired) electrons. The maximum Gasteiger partial charge on any atom is 0.191 e. The fraction of sp³-hybridized carbons (Fsp3) is 0.929. The number of hydrogen-bond donors (Lipinski definition) is 3. The van der Waals surface area contributed by atoms with Crippen molar-refractivity contribution < 1.29 is 9.84 Å². The van der Waals surface area contributed by atoms with Crippen molar-refractivity contribution >= 4 is 29.9 Å². The van der Waals surface area contributed by atoms with Crippen molar-refractivity contribution in [2.75, 3.05) is 26.8 Å².